The van der Waals surface area contributed by atoms with Gasteiger partial charge < -0.3 is 10.1 Å². The zero-order valence-corrected chi connectivity index (χ0v) is 14.0. The van der Waals surface area contributed by atoms with Gasteiger partial charge in [-0.15, -0.1) is 22.7 Å². The molecule has 1 amide bonds. The number of nitrogens with zero attached hydrogens (tertiary/aromatic N) is 1. The fraction of sp³-hybridized carbons (Fsp3) is 0.0625. The number of carbonyl (C=O) groups is 2. The molecule has 0 aliphatic rings. The minimum Gasteiger partial charge on any atom is -0.465 e. The van der Waals surface area contributed by atoms with Crippen LogP contribution in [0, 0.1) is 5.82 Å². The van der Waals surface area contributed by atoms with Gasteiger partial charge in [-0.3, -0.25) is 4.79 Å². The molecule has 3 rings (SSSR count). The van der Waals surface area contributed by atoms with Crippen LogP contribution in [-0.2, 0) is 4.74 Å². The van der Waals surface area contributed by atoms with E-state index in [1.807, 2.05) is 17.5 Å². The maximum absolute atomic E-state index is 13.9. The van der Waals surface area contributed by atoms with E-state index in [4.69, 9.17) is 0 Å². The lowest BCUT2D eigenvalue weighted by Crippen LogP contribution is -2.14. The van der Waals surface area contributed by atoms with Crippen molar-refractivity contribution in [2.45, 2.75) is 0 Å². The normalized spacial score (nSPS) is 10.4. The number of hydrogen-bond acceptors (Lipinski definition) is 6. The van der Waals surface area contributed by atoms with E-state index in [-0.39, 0.29) is 16.9 Å². The van der Waals surface area contributed by atoms with E-state index in [0.29, 0.717) is 0 Å². The lowest BCUT2D eigenvalue weighted by molar-refractivity contribution is 0.0600. The van der Waals surface area contributed by atoms with Crippen molar-refractivity contribution in [1.29, 1.82) is 0 Å². The third kappa shape index (κ3) is 3.34. The summed E-state index contributed by atoms with van der Waals surface area (Å²) in [6, 6.07) is 7.42. The van der Waals surface area contributed by atoms with Crippen molar-refractivity contribution in [2.24, 2.45) is 0 Å². The number of benzene rings is 1. The molecule has 0 saturated heterocycles. The van der Waals surface area contributed by atoms with Gasteiger partial charge in [-0.2, -0.15) is 0 Å². The molecule has 122 valence electrons. The van der Waals surface area contributed by atoms with E-state index in [1.54, 1.807) is 5.38 Å². The van der Waals surface area contributed by atoms with Crippen molar-refractivity contribution < 1.29 is 18.7 Å². The van der Waals surface area contributed by atoms with Gasteiger partial charge in [0.1, 0.15) is 16.5 Å². The topological polar surface area (TPSA) is 68.3 Å². The highest BCUT2D eigenvalue weighted by Crippen LogP contribution is 2.28. The second kappa shape index (κ2) is 6.90. The highest BCUT2D eigenvalue weighted by atomic mass is 32.1. The number of nitrogens with one attached hydrogen (secondary N) is 1. The number of hydrogen-bond donors (Lipinski definition) is 1. The number of halogens is 1. The second-order valence-electron chi connectivity index (χ2n) is 4.66. The molecule has 1 aromatic carbocycles. The molecular weight excluding hydrogens is 351 g/mol. The van der Waals surface area contributed by atoms with Gasteiger partial charge in [0.15, 0.2) is 0 Å². The van der Waals surface area contributed by atoms with Gasteiger partial charge in [0.2, 0.25) is 0 Å². The first-order valence-electron chi connectivity index (χ1n) is 6.77. The minimum absolute atomic E-state index is 0.103. The van der Waals surface area contributed by atoms with E-state index in [1.165, 1.54) is 41.9 Å². The number of rotatable bonds is 4. The van der Waals surface area contributed by atoms with Crippen LogP contribution in [-0.4, -0.2) is 24.0 Å². The number of amides is 1. The van der Waals surface area contributed by atoms with Crippen LogP contribution in [0.4, 0.5) is 10.1 Å². The standard InChI is InChI=1S/C16H11FN2O3S2/c1-22-16(21)9-4-5-10(17)11(7-9)18-14(20)12-8-24-15(19-12)13-3-2-6-23-13/h2-8H,1H3,(H,18,20). The third-order valence-corrected chi connectivity index (χ3v) is 4.99. The third-order valence-electron chi connectivity index (χ3n) is 3.10. The lowest BCUT2D eigenvalue weighted by atomic mass is 10.2. The summed E-state index contributed by atoms with van der Waals surface area (Å²) in [5, 5.41) is 6.68. The average Bonchev–Trinajstić information content (AvgIpc) is 3.27. The Morgan fingerprint density at radius 3 is 2.79 bits per heavy atom. The fourth-order valence-corrected chi connectivity index (χ4v) is 3.56. The van der Waals surface area contributed by atoms with Crippen molar-refractivity contribution in [2.75, 3.05) is 12.4 Å². The first-order chi connectivity index (χ1) is 11.6. The largest absolute Gasteiger partial charge is 0.465 e. The van der Waals surface area contributed by atoms with Gasteiger partial charge in [0, 0.05) is 5.38 Å². The molecule has 8 heteroatoms. The van der Waals surface area contributed by atoms with Crippen molar-refractivity contribution in [3.05, 3.63) is 58.2 Å². The van der Waals surface area contributed by atoms with Gasteiger partial charge in [0.05, 0.1) is 23.2 Å². The summed E-state index contributed by atoms with van der Waals surface area (Å²) >= 11 is 2.85. The summed E-state index contributed by atoms with van der Waals surface area (Å²) < 4.78 is 18.4. The van der Waals surface area contributed by atoms with E-state index in [9.17, 15) is 14.0 Å². The molecule has 0 unspecified atom stereocenters. The molecule has 5 nitrogen and oxygen atoms in total. The Balaban J connectivity index is 1.81. The van der Waals surface area contributed by atoms with Crippen LogP contribution in [0.5, 0.6) is 0 Å². The molecule has 24 heavy (non-hydrogen) atoms. The van der Waals surface area contributed by atoms with Crippen LogP contribution in [0.15, 0.2) is 41.1 Å². The molecular formula is C16H11FN2O3S2. The van der Waals surface area contributed by atoms with Gasteiger partial charge >= 0.3 is 5.97 Å². The van der Waals surface area contributed by atoms with Crippen LogP contribution in [0.2, 0.25) is 0 Å². The molecule has 2 heterocycles. The Labute approximate surface area is 144 Å². The first-order valence-corrected chi connectivity index (χ1v) is 8.53. The highest BCUT2D eigenvalue weighted by Gasteiger charge is 2.16. The number of methoxy groups -OCH3 is 1. The van der Waals surface area contributed by atoms with Crippen LogP contribution in [0.25, 0.3) is 9.88 Å². The summed E-state index contributed by atoms with van der Waals surface area (Å²) in [7, 11) is 1.23. The molecule has 2 aromatic heterocycles. The van der Waals surface area contributed by atoms with E-state index in [0.717, 1.165) is 16.0 Å². The molecule has 0 spiro atoms. The van der Waals surface area contributed by atoms with Gasteiger partial charge in [-0.25, -0.2) is 14.2 Å². The fourth-order valence-electron chi connectivity index (χ4n) is 1.94. The molecule has 0 saturated carbocycles. The smallest absolute Gasteiger partial charge is 0.337 e. The molecule has 0 bridgehead atoms. The molecule has 3 aromatic rings. The summed E-state index contributed by atoms with van der Waals surface area (Å²) in [6.07, 6.45) is 0. The predicted octanol–water partition coefficient (Wildman–Crippen LogP) is 4.05. The van der Waals surface area contributed by atoms with E-state index < -0.39 is 17.7 Å². The van der Waals surface area contributed by atoms with Crippen molar-refractivity contribution >= 4 is 40.2 Å². The van der Waals surface area contributed by atoms with E-state index >= 15 is 0 Å². The number of thiophene rings is 1. The Bertz CT molecular complexity index is 891. The molecule has 0 aliphatic heterocycles. The number of esters is 1. The molecule has 0 radical (unpaired) electrons. The molecule has 0 fully saturated rings. The van der Waals surface area contributed by atoms with Crippen LogP contribution in [0.1, 0.15) is 20.8 Å². The molecule has 0 aliphatic carbocycles. The van der Waals surface area contributed by atoms with E-state index in [2.05, 4.69) is 15.0 Å². The number of aromatic nitrogens is 1. The Morgan fingerprint density at radius 1 is 1.25 bits per heavy atom. The first kappa shape index (κ1) is 16.3. The van der Waals surface area contributed by atoms with Crippen LogP contribution >= 0.6 is 22.7 Å². The number of carbonyl (C=O) groups excluding carboxylic acids is 2. The maximum atomic E-state index is 13.9. The van der Waals surface area contributed by atoms with Crippen LogP contribution in [0.3, 0.4) is 0 Å². The van der Waals surface area contributed by atoms with Crippen molar-refractivity contribution in [1.82, 2.24) is 4.98 Å². The Kier molecular flexibility index (Phi) is 4.68. The molecule has 0 atom stereocenters. The van der Waals surface area contributed by atoms with Gasteiger partial charge in [-0.1, -0.05) is 6.07 Å². The Hall–Kier alpha value is -2.58. The summed E-state index contributed by atoms with van der Waals surface area (Å²) in [5.74, 6) is -1.81. The summed E-state index contributed by atoms with van der Waals surface area (Å²) in [6.45, 7) is 0. The Morgan fingerprint density at radius 2 is 2.08 bits per heavy atom. The van der Waals surface area contributed by atoms with Gasteiger partial charge in [-0.05, 0) is 29.6 Å². The minimum atomic E-state index is -0.648. The maximum Gasteiger partial charge on any atom is 0.337 e. The zero-order chi connectivity index (χ0) is 17.1. The SMILES string of the molecule is COC(=O)c1ccc(F)c(NC(=O)c2csc(-c3cccs3)n2)c1. The van der Waals surface area contributed by atoms with Crippen LogP contribution < -0.4 is 5.32 Å². The van der Waals surface area contributed by atoms with Gasteiger partial charge in [0.25, 0.3) is 5.91 Å². The predicted molar refractivity (Wildman–Crippen MR) is 91.1 cm³/mol. The van der Waals surface area contributed by atoms with Crippen molar-refractivity contribution in [3.8, 4) is 9.88 Å². The van der Waals surface area contributed by atoms with Crippen molar-refractivity contribution in [3.63, 3.8) is 0 Å². The number of ether oxygens (including phenoxy) is 1. The quantitative estimate of drug-likeness (QED) is 0.711. The summed E-state index contributed by atoms with van der Waals surface area (Å²) in [5.41, 5.74) is 0.228. The lowest BCUT2D eigenvalue weighted by Gasteiger charge is -2.07. The second-order valence-corrected chi connectivity index (χ2v) is 6.46. The highest BCUT2D eigenvalue weighted by molar-refractivity contribution is 7.20. The number of anilines is 1. The summed E-state index contributed by atoms with van der Waals surface area (Å²) in [4.78, 5) is 29.0. The zero-order valence-electron chi connectivity index (χ0n) is 12.4. The average molecular weight is 362 g/mol. The monoisotopic (exact) mass is 362 g/mol. The molecule has 1 N–H and O–H groups in total. The number of thiazole rings is 1.